The maximum Gasteiger partial charge on any atom is 0.418 e. The molecule has 0 saturated heterocycles. The third-order valence-corrected chi connectivity index (χ3v) is 3.86. The Balaban J connectivity index is 2.25. The highest BCUT2D eigenvalue weighted by molar-refractivity contribution is 9.10. The quantitative estimate of drug-likeness (QED) is 0.707. The fraction of sp³-hybridized carbons (Fsp3) is 0.0667. The number of hydrazine groups is 1. The van der Waals surface area contributed by atoms with E-state index in [2.05, 4.69) is 26.8 Å². The maximum absolute atomic E-state index is 13.0. The van der Waals surface area contributed by atoms with Gasteiger partial charge in [-0.1, -0.05) is 11.6 Å². The number of carbonyl (C=O) groups excluding carboxylic acids is 1. The van der Waals surface area contributed by atoms with E-state index in [0.717, 1.165) is 6.07 Å². The summed E-state index contributed by atoms with van der Waals surface area (Å²) in [5.74, 6) is -0.679. The fourth-order valence-electron chi connectivity index (χ4n) is 1.82. The third kappa shape index (κ3) is 4.19. The normalized spacial score (nSPS) is 10.8. The van der Waals surface area contributed by atoms with E-state index in [1.54, 1.807) is 18.2 Å². The van der Waals surface area contributed by atoms with Gasteiger partial charge in [0, 0.05) is 9.50 Å². The maximum atomic E-state index is 13.0. The largest absolute Gasteiger partial charge is 0.418 e. The zero-order valence-corrected chi connectivity index (χ0v) is 14.1. The van der Waals surface area contributed by atoms with Crippen LogP contribution < -0.4 is 10.9 Å². The van der Waals surface area contributed by atoms with E-state index >= 15 is 0 Å². The van der Waals surface area contributed by atoms with Gasteiger partial charge in [0.15, 0.2) is 0 Å². The highest BCUT2D eigenvalue weighted by Crippen LogP contribution is 2.35. The van der Waals surface area contributed by atoms with Crippen LogP contribution in [0.4, 0.5) is 18.9 Å². The number of anilines is 1. The Morgan fingerprint density at radius 1 is 1.21 bits per heavy atom. The van der Waals surface area contributed by atoms with Crippen LogP contribution in [0.5, 0.6) is 0 Å². The van der Waals surface area contributed by atoms with Crippen LogP contribution in [0.1, 0.15) is 21.5 Å². The lowest BCUT2D eigenvalue weighted by Gasteiger charge is -2.15. The first kappa shape index (κ1) is 18.1. The van der Waals surface area contributed by atoms with Crippen LogP contribution in [0.15, 0.2) is 40.9 Å². The van der Waals surface area contributed by atoms with E-state index in [1.165, 1.54) is 12.1 Å². The second kappa shape index (κ2) is 7.11. The van der Waals surface area contributed by atoms with E-state index in [0.29, 0.717) is 15.6 Å². The molecular formula is C15H8BrClF3N3O. The molecule has 0 aliphatic carbocycles. The highest BCUT2D eigenvalue weighted by Gasteiger charge is 2.34. The number of halogens is 5. The van der Waals surface area contributed by atoms with Crippen LogP contribution in [-0.2, 0) is 6.18 Å². The molecule has 1 amide bonds. The summed E-state index contributed by atoms with van der Waals surface area (Å²) in [4.78, 5) is 12.1. The minimum Gasteiger partial charge on any atom is -0.298 e. The lowest BCUT2D eigenvalue weighted by Crippen LogP contribution is -2.30. The lowest BCUT2D eigenvalue weighted by atomic mass is 10.1. The average molecular weight is 419 g/mol. The van der Waals surface area contributed by atoms with Gasteiger partial charge in [-0.2, -0.15) is 18.4 Å². The number of benzene rings is 2. The van der Waals surface area contributed by atoms with Gasteiger partial charge in [-0.05, 0) is 52.3 Å². The SMILES string of the molecule is N#Cc1ccc(NNC(=O)c2cc(Cl)ccc2Br)c(C(F)(F)F)c1. The summed E-state index contributed by atoms with van der Waals surface area (Å²) in [6.45, 7) is 0. The van der Waals surface area contributed by atoms with Crippen LogP contribution in [0, 0.1) is 11.3 Å². The molecule has 0 fully saturated rings. The van der Waals surface area contributed by atoms with Gasteiger partial charge in [-0.25, -0.2) is 0 Å². The van der Waals surface area contributed by atoms with Gasteiger partial charge in [0.2, 0.25) is 0 Å². The van der Waals surface area contributed by atoms with Gasteiger partial charge in [0.25, 0.3) is 5.91 Å². The minimum atomic E-state index is -4.68. The van der Waals surface area contributed by atoms with E-state index < -0.39 is 17.6 Å². The molecule has 0 aliphatic rings. The molecule has 2 aromatic carbocycles. The predicted octanol–water partition coefficient (Wildman–Crippen LogP) is 4.75. The van der Waals surface area contributed by atoms with Crippen molar-refractivity contribution >= 4 is 39.1 Å². The van der Waals surface area contributed by atoms with Crippen molar-refractivity contribution in [3.8, 4) is 6.07 Å². The molecule has 124 valence electrons. The van der Waals surface area contributed by atoms with E-state index in [9.17, 15) is 18.0 Å². The van der Waals surface area contributed by atoms with Gasteiger partial charge in [0.05, 0.1) is 28.4 Å². The Morgan fingerprint density at radius 3 is 2.54 bits per heavy atom. The first-order valence-corrected chi connectivity index (χ1v) is 7.52. The second-order valence-electron chi connectivity index (χ2n) is 4.57. The first-order valence-electron chi connectivity index (χ1n) is 6.35. The van der Waals surface area contributed by atoms with Crippen molar-refractivity contribution in [2.75, 3.05) is 5.43 Å². The number of rotatable bonds is 3. The molecule has 0 unspecified atom stereocenters. The highest BCUT2D eigenvalue weighted by atomic mass is 79.9. The number of carbonyl (C=O) groups is 1. The molecule has 2 aromatic rings. The number of nitrogens with one attached hydrogen (secondary N) is 2. The number of alkyl halides is 3. The Hall–Kier alpha value is -2.24. The summed E-state index contributed by atoms with van der Waals surface area (Å²) < 4.78 is 39.6. The summed E-state index contributed by atoms with van der Waals surface area (Å²) in [5.41, 5.74) is 2.96. The fourth-order valence-corrected chi connectivity index (χ4v) is 2.42. The summed E-state index contributed by atoms with van der Waals surface area (Å²) in [6, 6.07) is 9.07. The molecule has 9 heteroatoms. The predicted molar refractivity (Wildman–Crippen MR) is 86.4 cm³/mol. The lowest BCUT2D eigenvalue weighted by molar-refractivity contribution is -0.137. The van der Waals surface area contributed by atoms with Gasteiger partial charge in [-0.15, -0.1) is 0 Å². The van der Waals surface area contributed by atoms with Crippen molar-refractivity contribution in [1.29, 1.82) is 5.26 Å². The molecule has 0 aromatic heterocycles. The molecule has 0 radical (unpaired) electrons. The van der Waals surface area contributed by atoms with Crippen molar-refractivity contribution < 1.29 is 18.0 Å². The van der Waals surface area contributed by atoms with Gasteiger partial charge in [-0.3, -0.25) is 15.6 Å². The van der Waals surface area contributed by atoms with E-state index in [-0.39, 0.29) is 16.8 Å². The molecule has 0 aliphatic heterocycles. The summed E-state index contributed by atoms with van der Waals surface area (Å²) in [6.07, 6.45) is -4.68. The molecule has 0 bridgehead atoms. The van der Waals surface area contributed by atoms with E-state index in [4.69, 9.17) is 16.9 Å². The third-order valence-electron chi connectivity index (χ3n) is 2.94. The number of nitriles is 1. The average Bonchev–Trinajstić information content (AvgIpc) is 2.53. The monoisotopic (exact) mass is 417 g/mol. The van der Waals surface area contributed by atoms with Crippen molar-refractivity contribution in [1.82, 2.24) is 5.43 Å². The molecule has 0 atom stereocenters. The van der Waals surface area contributed by atoms with Crippen LogP contribution >= 0.6 is 27.5 Å². The van der Waals surface area contributed by atoms with Crippen LogP contribution in [-0.4, -0.2) is 5.91 Å². The van der Waals surface area contributed by atoms with Gasteiger partial charge >= 0.3 is 6.18 Å². The van der Waals surface area contributed by atoms with Crippen LogP contribution in [0.25, 0.3) is 0 Å². The molecule has 2 N–H and O–H groups in total. The molecule has 2 rings (SSSR count). The molecule has 0 spiro atoms. The second-order valence-corrected chi connectivity index (χ2v) is 5.86. The number of amides is 1. The molecule has 4 nitrogen and oxygen atoms in total. The van der Waals surface area contributed by atoms with Crippen molar-refractivity contribution in [3.05, 3.63) is 62.6 Å². The molecule has 0 heterocycles. The zero-order valence-electron chi connectivity index (χ0n) is 11.7. The zero-order chi connectivity index (χ0) is 17.9. The molecule has 0 saturated carbocycles. The van der Waals surface area contributed by atoms with Crippen molar-refractivity contribution in [2.45, 2.75) is 6.18 Å². The summed E-state index contributed by atoms with van der Waals surface area (Å²) in [5, 5.41) is 9.02. The Bertz CT molecular complexity index is 834. The minimum absolute atomic E-state index is 0.142. The summed E-state index contributed by atoms with van der Waals surface area (Å²) >= 11 is 8.95. The smallest absolute Gasteiger partial charge is 0.298 e. The Kier molecular flexibility index (Phi) is 5.36. The van der Waals surface area contributed by atoms with Crippen molar-refractivity contribution in [2.24, 2.45) is 0 Å². The number of hydrogen-bond donors (Lipinski definition) is 2. The Morgan fingerprint density at radius 2 is 1.92 bits per heavy atom. The Labute approximate surface area is 148 Å². The topological polar surface area (TPSA) is 64.9 Å². The molecular weight excluding hydrogens is 411 g/mol. The van der Waals surface area contributed by atoms with Gasteiger partial charge in [0.1, 0.15) is 0 Å². The van der Waals surface area contributed by atoms with Crippen LogP contribution in [0.3, 0.4) is 0 Å². The molecule has 24 heavy (non-hydrogen) atoms. The standard InChI is InChI=1S/C15H8BrClF3N3O/c16-12-3-2-9(17)6-10(12)14(24)23-22-13-4-1-8(7-21)5-11(13)15(18,19)20/h1-6,22H,(H,23,24). The first-order chi connectivity index (χ1) is 11.2. The van der Waals surface area contributed by atoms with Crippen molar-refractivity contribution in [3.63, 3.8) is 0 Å². The van der Waals surface area contributed by atoms with Crippen LogP contribution in [0.2, 0.25) is 5.02 Å². The van der Waals surface area contributed by atoms with E-state index in [1.807, 2.05) is 0 Å². The number of hydrogen-bond acceptors (Lipinski definition) is 3. The number of nitrogens with zero attached hydrogens (tertiary/aromatic N) is 1. The summed E-state index contributed by atoms with van der Waals surface area (Å²) in [7, 11) is 0. The van der Waals surface area contributed by atoms with Gasteiger partial charge < -0.3 is 0 Å².